The molecule has 0 radical (unpaired) electrons. The third-order valence-corrected chi connectivity index (χ3v) is 6.95. The molecular formula is C22H30ClN5O3. The number of amides is 2. The number of carbonyl (C=O) groups excluding carboxylic acids is 2. The summed E-state index contributed by atoms with van der Waals surface area (Å²) in [6.07, 6.45) is 2.71. The van der Waals surface area contributed by atoms with Crippen LogP contribution in [-0.4, -0.2) is 81.1 Å². The lowest BCUT2D eigenvalue weighted by molar-refractivity contribution is -0.139. The van der Waals surface area contributed by atoms with Gasteiger partial charge in [-0.1, -0.05) is 11.6 Å². The highest BCUT2D eigenvalue weighted by atomic mass is 35.5. The smallest absolute Gasteiger partial charge is 0.234 e. The summed E-state index contributed by atoms with van der Waals surface area (Å²) < 4.78 is 1.99. The van der Waals surface area contributed by atoms with Crippen LogP contribution in [0.5, 0.6) is 0 Å². The van der Waals surface area contributed by atoms with Gasteiger partial charge in [0.25, 0.3) is 0 Å². The van der Waals surface area contributed by atoms with Crippen LogP contribution in [0.1, 0.15) is 31.5 Å². The van der Waals surface area contributed by atoms with Crippen molar-refractivity contribution in [3.05, 3.63) is 29.0 Å². The van der Waals surface area contributed by atoms with Crippen LogP contribution in [0.15, 0.2) is 18.2 Å². The van der Waals surface area contributed by atoms with Gasteiger partial charge in [-0.2, -0.15) is 0 Å². The van der Waals surface area contributed by atoms with E-state index in [1.165, 1.54) is 0 Å². The Hall–Kier alpha value is -2.16. The van der Waals surface area contributed by atoms with E-state index in [2.05, 4.69) is 15.2 Å². The molecule has 1 aromatic carbocycles. The minimum Gasteiger partial charge on any atom is -0.389 e. The molecule has 0 spiro atoms. The van der Waals surface area contributed by atoms with Crippen LogP contribution in [-0.2, 0) is 23.1 Å². The van der Waals surface area contributed by atoms with E-state index in [-0.39, 0.29) is 23.9 Å². The van der Waals surface area contributed by atoms with Crippen LogP contribution in [0.2, 0.25) is 5.02 Å². The van der Waals surface area contributed by atoms with Gasteiger partial charge < -0.3 is 19.9 Å². The summed E-state index contributed by atoms with van der Waals surface area (Å²) in [4.78, 5) is 33.1. The first-order valence-corrected chi connectivity index (χ1v) is 11.3. The maximum Gasteiger partial charge on any atom is 0.234 e. The van der Waals surface area contributed by atoms with Gasteiger partial charge in [0.15, 0.2) is 0 Å². The molecule has 2 aromatic rings. The van der Waals surface area contributed by atoms with Crippen LogP contribution in [0.3, 0.4) is 0 Å². The number of likely N-dealkylation sites (N-methyl/N-ethyl adjacent to an activating group) is 1. The SMILES string of the molecule is CN(C(=O)CCc1nc2cc(Cl)ccc2n1C)[C@@H]1CCC[C@@H](N2CCNC(=O)C2)[C@@H]1O. The predicted octanol–water partition coefficient (Wildman–Crippen LogP) is 1.33. The average Bonchev–Trinajstić information content (AvgIpc) is 3.06. The fraction of sp³-hybridized carbons (Fsp3) is 0.591. The monoisotopic (exact) mass is 447 g/mol. The first-order valence-electron chi connectivity index (χ1n) is 10.9. The van der Waals surface area contributed by atoms with Crippen LogP contribution in [0.4, 0.5) is 0 Å². The van der Waals surface area contributed by atoms with Gasteiger partial charge in [-0.25, -0.2) is 4.98 Å². The number of rotatable bonds is 5. The summed E-state index contributed by atoms with van der Waals surface area (Å²) in [5.74, 6) is 0.820. The second-order valence-corrected chi connectivity index (χ2v) is 9.04. The molecule has 1 aliphatic heterocycles. The third-order valence-electron chi connectivity index (χ3n) is 6.71. The Morgan fingerprint density at radius 2 is 2.19 bits per heavy atom. The highest BCUT2D eigenvalue weighted by Gasteiger charge is 2.39. The van der Waals surface area contributed by atoms with E-state index < -0.39 is 6.10 Å². The fourth-order valence-electron chi connectivity index (χ4n) is 4.92. The molecule has 3 atom stereocenters. The number of hydrogen-bond acceptors (Lipinski definition) is 5. The molecule has 168 valence electrons. The summed E-state index contributed by atoms with van der Waals surface area (Å²) >= 11 is 6.07. The first-order chi connectivity index (χ1) is 14.8. The molecule has 1 saturated carbocycles. The van der Waals surface area contributed by atoms with Gasteiger partial charge in [-0.15, -0.1) is 0 Å². The number of hydrogen-bond donors (Lipinski definition) is 2. The van der Waals surface area contributed by atoms with Crippen molar-refractivity contribution in [2.24, 2.45) is 7.05 Å². The molecule has 1 aromatic heterocycles. The van der Waals surface area contributed by atoms with Gasteiger partial charge in [0.05, 0.1) is 29.7 Å². The van der Waals surface area contributed by atoms with E-state index >= 15 is 0 Å². The molecule has 1 saturated heterocycles. The topological polar surface area (TPSA) is 90.7 Å². The second kappa shape index (κ2) is 9.14. The quantitative estimate of drug-likeness (QED) is 0.721. The van der Waals surface area contributed by atoms with Crippen molar-refractivity contribution < 1.29 is 14.7 Å². The molecule has 0 bridgehead atoms. The molecule has 2 amide bonds. The minimum absolute atomic E-state index is 0.00579. The molecule has 2 fully saturated rings. The van der Waals surface area contributed by atoms with E-state index in [0.717, 1.165) is 42.7 Å². The van der Waals surface area contributed by atoms with Gasteiger partial charge in [0.2, 0.25) is 11.8 Å². The Bertz CT molecular complexity index is 977. The Labute approximate surface area is 187 Å². The highest BCUT2D eigenvalue weighted by Crippen LogP contribution is 2.28. The number of nitrogens with zero attached hydrogens (tertiary/aromatic N) is 4. The van der Waals surface area contributed by atoms with Crippen molar-refractivity contribution in [3.63, 3.8) is 0 Å². The van der Waals surface area contributed by atoms with Crippen LogP contribution < -0.4 is 5.32 Å². The van der Waals surface area contributed by atoms with Gasteiger partial charge in [0.1, 0.15) is 5.82 Å². The molecule has 0 unspecified atom stereocenters. The van der Waals surface area contributed by atoms with Crippen molar-refractivity contribution >= 4 is 34.4 Å². The molecule has 31 heavy (non-hydrogen) atoms. The molecular weight excluding hydrogens is 418 g/mol. The summed E-state index contributed by atoms with van der Waals surface area (Å²) in [5.41, 5.74) is 1.80. The van der Waals surface area contributed by atoms with E-state index in [0.29, 0.717) is 31.0 Å². The maximum absolute atomic E-state index is 13.0. The Kier molecular flexibility index (Phi) is 6.50. The molecule has 9 heteroatoms. The Morgan fingerprint density at radius 3 is 2.97 bits per heavy atom. The van der Waals surface area contributed by atoms with Crippen molar-refractivity contribution in [3.8, 4) is 0 Å². The van der Waals surface area contributed by atoms with E-state index in [4.69, 9.17) is 11.6 Å². The standard InChI is InChI=1S/C22H30ClN5O3/c1-26-16-7-6-14(23)12-15(16)25-19(26)8-9-21(30)27(2)17-4-3-5-18(22(17)31)28-11-10-24-20(29)13-28/h6-7,12,17-18,22,31H,3-5,8-11,13H2,1-2H3,(H,24,29)/t17-,18-,22-/m1/s1. The van der Waals surface area contributed by atoms with Crippen molar-refractivity contribution in [1.82, 2.24) is 24.7 Å². The third kappa shape index (κ3) is 4.56. The van der Waals surface area contributed by atoms with E-state index in [1.54, 1.807) is 11.9 Å². The number of aryl methyl sites for hydroxylation is 2. The normalized spacial score (nSPS) is 24.9. The van der Waals surface area contributed by atoms with Gasteiger partial charge in [0, 0.05) is 51.1 Å². The number of imidazole rings is 1. The largest absolute Gasteiger partial charge is 0.389 e. The number of aliphatic hydroxyl groups excluding tert-OH is 1. The number of aromatic nitrogens is 2. The molecule has 2 aliphatic rings. The molecule has 2 heterocycles. The molecule has 8 nitrogen and oxygen atoms in total. The van der Waals surface area contributed by atoms with Gasteiger partial charge in [-0.3, -0.25) is 14.5 Å². The summed E-state index contributed by atoms with van der Waals surface area (Å²) in [6.45, 7) is 1.64. The van der Waals surface area contributed by atoms with E-state index in [9.17, 15) is 14.7 Å². The van der Waals surface area contributed by atoms with Gasteiger partial charge >= 0.3 is 0 Å². The zero-order valence-electron chi connectivity index (χ0n) is 18.1. The number of aliphatic hydroxyl groups is 1. The lowest BCUT2D eigenvalue weighted by atomic mass is 9.85. The predicted molar refractivity (Wildman–Crippen MR) is 119 cm³/mol. The number of piperazine rings is 1. The maximum atomic E-state index is 13.0. The lowest BCUT2D eigenvalue weighted by Gasteiger charge is -2.45. The number of fused-ring (bicyclic) bond motifs is 1. The lowest BCUT2D eigenvalue weighted by Crippen LogP contribution is -2.61. The van der Waals surface area contributed by atoms with E-state index in [1.807, 2.05) is 29.8 Å². The minimum atomic E-state index is -0.661. The second-order valence-electron chi connectivity index (χ2n) is 8.60. The molecule has 2 N–H and O–H groups in total. The number of halogens is 1. The zero-order valence-corrected chi connectivity index (χ0v) is 18.8. The summed E-state index contributed by atoms with van der Waals surface area (Å²) in [7, 11) is 3.72. The fourth-order valence-corrected chi connectivity index (χ4v) is 5.09. The number of nitrogens with one attached hydrogen (secondary N) is 1. The molecule has 4 rings (SSSR count). The average molecular weight is 448 g/mol. The summed E-state index contributed by atoms with van der Waals surface area (Å²) in [5, 5.41) is 14.5. The van der Waals surface area contributed by atoms with Crippen molar-refractivity contribution in [2.45, 2.75) is 50.3 Å². The van der Waals surface area contributed by atoms with Crippen molar-refractivity contribution in [2.75, 3.05) is 26.7 Å². The van der Waals surface area contributed by atoms with Gasteiger partial charge in [-0.05, 0) is 37.5 Å². The Balaban J connectivity index is 1.39. The Morgan fingerprint density at radius 1 is 1.39 bits per heavy atom. The molecule has 1 aliphatic carbocycles. The van der Waals surface area contributed by atoms with Crippen LogP contribution >= 0.6 is 11.6 Å². The number of benzene rings is 1. The highest BCUT2D eigenvalue weighted by molar-refractivity contribution is 6.31. The summed E-state index contributed by atoms with van der Waals surface area (Å²) in [6, 6.07) is 5.26. The van der Waals surface area contributed by atoms with Crippen molar-refractivity contribution in [1.29, 1.82) is 0 Å². The van der Waals surface area contributed by atoms with Crippen LogP contribution in [0, 0.1) is 0 Å². The zero-order chi connectivity index (χ0) is 22.1. The van der Waals surface area contributed by atoms with Crippen LogP contribution in [0.25, 0.3) is 11.0 Å². The first kappa shape index (κ1) is 22.0. The number of carbonyl (C=O) groups is 2.